The van der Waals surface area contributed by atoms with Crippen LogP contribution in [0.1, 0.15) is 38.5 Å². The van der Waals surface area contributed by atoms with E-state index in [2.05, 4.69) is 10.4 Å². The summed E-state index contributed by atoms with van der Waals surface area (Å²) in [4.78, 5) is 25.0. The number of anilines is 1. The molecule has 0 aliphatic heterocycles. The minimum atomic E-state index is -6.43. The van der Waals surface area contributed by atoms with Crippen molar-refractivity contribution < 1.29 is 44.7 Å². The topological polar surface area (TPSA) is 99.8 Å². The molecule has 17 heteroatoms. The predicted octanol–water partition coefficient (Wildman–Crippen LogP) is 5.25. The zero-order valence-electron chi connectivity index (χ0n) is 17.7. The lowest BCUT2D eigenvalue weighted by Crippen LogP contribution is -2.36. The Morgan fingerprint density at radius 3 is 2.25 bits per heavy atom. The fourth-order valence-corrected chi connectivity index (χ4v) is 3.31. The van der Waals surface area contributed by atoms with Crippen LogP contribution in [0.4, 0.5) is 40.8 Å². The van der Waals surface area contributed by atoms with Crippen LogP contribution in [0.15, 0.2) is 18.2 Å². The summed E-state index contributed by atoms with van der Waals surface area (Å²) in [5.74, 6) is -8.69. The number of amides is 2. The molecule has 2 rings (SSSR count). The molecular weight excluding hydrogens is 553 g/mol. The first-order valence-electron chi connectivity index (χ1n) is 9.42. The standard InChI is InChI=1S/C19H13Cl2F8N5O2/c1-34-13(12(18(24,25)26)14(33-34)17(22,23)19(27,28)29)16(36)31-8-2-3-11(21)10(6-8)15(35)32-9(7-30)4-5-20/h2-3,6,9H,4-5H2,1H3,(H,31,36)(H,32,35). The van der Waals surface area contributed by atoms with Crippen molar-refractivity contribution >= 4 is 40.7 Å². The number of aryl methyl sites for hydroxylation is 1. The molecule has 2 amide bonds. The van der Waals surface area contributed by atoms with E-state index in [-0.39, 0.29) is 33.3 Å². The fourth-order valence-electron chi connectivity index (χ4n) is 2.89. The van der Waals surface area contributed by atoms with Gasteiger partial charge >= 0.3 is 18.3 Å². The van der Waals surface area contributed by atoms with Crippen molar-refractivity contribution in [1.29, 1.82) is 5.26 Å². The van der Waals surface area contributed by atoms with E-state index in [1.165, 1.54) is 0 Å². The molecule has 1 aromatic carbocycles. The number of nitrogens with one attached hydrogen (secondary N) is 2. The van der Waals surface area contributed by atoms with Gasteiger partial charge in [0.25, 0.3) is 11.8 Å². The second-order valence-corrected chi connectivity index (χ2v) is 7.83. The van der Waals surface area contributed by atoms with E-state index in [1.54, 1.807) is 6.07 Å². The SMILES string of the molecule is Cn1nc(C(F)(F)C(F)(F)F)c(C(F)(F)F)c1C(=O)Nc1ccc(Cl)c(C(=O)NC(C#N)CCCl)c1. The van der Waals surface area contributed by atoms with Gasteiger partial charge in [-0.2, -0.15) is 45.5 Å². The molecule has 0 saturated carbocycles. The summed E-state index contributed by atoms with van der Waals surface area (Å²) in [5, 5.41) is 15.6. The molecule has 1 unspecified atom stereocenters. The minimum Gasteiger partial charge on any atom is -0.336 e. The molecular formula is C19H13Cl2F8N5O2. The second kappa shape index (κ2) is 10.5. The zero-order chi connectivity index (χ0) is 27.6. The smallest absolute Gasteiger partial charge is 0.336 e. The van der Waals surface area contributed by atoms with Crippen molar-refractivity contribution in [2.45, 2.75) is 30.7 Å². The number of hydrogen-bond donors (Lipinski definition) is 2. The third-order valence-corrected chi connectivity index (χ3v) is 5.07. The maximum Gasteiger partial charge on any atom is 0.459 e. The van der Waals surface area contributed by atoms with Crippen LogP contribution < -0.4 is 10.6 Å². The Bertz CT molecular complexity index is 1200. The van der Waals surface area contributed by atoms with Crippen molar-refractivity contribution in [1.82, 2.24) is 15.1 Å². The molecule has 0 aliphatic carbocycles. The van der Waals surface area contributed by atoms with Crippen molar-refractivity contribution in [2.24, 2.45) is 7.05 Å². The highest BCUT2D eigenvalue weighted by molar-refractivity contribution is 6.34. The zero-order valence-corrected chi connectivity index (χ0v) is 19.2. The Kier molecular flexibility index (Phi) is 8.47. The van der Waals surface area contributed by atoms with Crippen molar-refractivity contribution in [3.8, 4) is 6.07 Å². The molecule has 2 aromatic rings. The number of aromatic nitrogens is 2. The van der Waals surface area contributed by atoms with Gasteiger partial charge in [-0.25, -0.2) is 0 Å². The molecule has 0 bridgehead atoms. The van der Waals surface area contributed by atoms with E-state index in [0.717, 1.165) is 18.2 Å². The molecule has 0 radical (unpaired) electrons. The maximum atomic E-state index is 13.8. The van der Waals surface area contributed by atoms with Crippen LogP contribution in [0.2, 0.25) is 5.02 Å². The number of benzene rings is 1. The second-order valence-electron chi connectivity index (χ2n) is 7.05. The molecule has 0 spiro atoms. The van der Waals surface area contributed by atoms with Crippen LogP contribution >= 0.6 is 23.2 Å². The van der Waals surface area contributed by atoms with Gasteiger partial charge in [-0.1, -0.05) is 11.6 Å². The largest absolute Gasteiger partial charge is 0.459 e. The molecule has 7 nitrogen and oxygen atoms in total. The summed E-state index contributed by atoms with van der Waals surface area (Å²) >= 11 is 11.4. The molecule has 1 aromatic heterocycles. The normalized spacial score (nSPS) is 13.2. The number of carbonyl (C=O) groups is 2. The third-order valence-electron chi connectivity index (χ3n) is 4.53. The number of nitrogens with zero attached hydrogens (tertiary/aromatic N) is 3. The van der Waals surface area contributed by atoms with E-state index in [0.29, 0.717) is 7.05 Å². The monoisotopic (exact) mass is 565 g/mol. The maximum absolute atomic E-state index is 13.8. The van der Waals surface area contributed by atoms with Crippen molar-refractivity contribution in [3.05, 3.63) is 45.7 Å². The summed E-state index contributed by atoms with van der Waals surface area (Å²) in [7, 11) is 0.569. The molecule has 0 fully saturated rings. The minimum absolute atomic E-state index is 0.0178. The van der Waals surface area contributed by atoms with Gasteiger partial charge in [-0.05, 0) is 24.6 Å². The van der Waals surface area contributed by atoms with Gasteiger partial charge < -0.3 is 10.6 Å². The number of halogens is 10. The lowest BCUT2D eigenvalue weighted by Gasteiger charge is -2.19. The summed E-state index contributed by atoms with van der Waals surface area (Å²) in [5.41, 5.74) is -7.65. The van der Waals surface area contributed by atoms with Gasteiger partial charge in [0.2, 0.25) is 0 Å². The van der Waals surface area contributed by atoms with Gasteiger partial charge in [0.15, 0.2) is 5.69 Å². The van der Waals surface area contributed by atoms with E-state index >= 15 is 0 Å². The molecule has 0 saturated heterocycles. The highest BCUT2D eigenvalue weighted by Gasteiger charge is 2.64. The summed E-state index contributed by atoms with van der Waals surface area (Å²) in [6.07, 6.45) is -12.2. The quantitative estimate of drug-likeness (QED) is 0.354. The first-order chi connectivity index (χ1) is 16.4. The van der Waals surface area contributed by atoms with Gasteiger partial charge in [-0.3, -0.25) is 14.3 Å². The number of hydrogen-bond acceptors (Lipinski definition) is 4. The number of carbonyl (C=O) groups excluding carboxylic acids is 2. The Morgan fingerprint density at radius 2 is 1.75 bits per heavy atom. The van der Waals surface area contributed by atoms with Crippen molar-refractivity contribution in [2.75, 3.05) is 11.2 Å². The lowest BCUT2D eigenvalue weighted by atomic mass is 10.1. The van der Waals surface area contributed by atoms with Crippen LogP contribution in [0.3, 0.4) is 0 Å². The summed E-state index contributed by atoms with van der Waals surface area (Å²) in [6, 6.07) is 3.69. The highest BCUT2D eigenvalue weighted by atomic mass is 35.5. The van der Waals surface area contributed by atoms with Crippen LogP contribution in [-0.4, -0.2) is 39.7 Å². The molecule has 36 heavy (non-hydrogen) atoms. The first kappa shape index (κ1) is 29.1. The van der Waals surface area contributed by atoms with E-state index in [9.17, 15) is 44.7 Å². The number of rotatable bonds is 7. The molecule has 0 aliphatic rings. The molecule has 2 N–H and O–H groups in total. The molecule has 196 valence electrons. The Balaban J connectivity index is 2.49. The van der Waals surface area contributed by atoms with Gasteiger partial charge in [-0.15, -0.1) is 11.6 Å². The first-order valence-corrected chi connectivity index (χ1v) is 10.3. The van der Waals surface area contributed by atoms with E-state index < -0.39 is 53.1 Å². The van der Waals surface area contributed by atoms with E-state index in [1.807, 2.05) is 5.32 Å². The average Bonchev–Trinajstić information content (AvgIpc) is 3.12. The van der Waals surface area contributed by atoms with Gasteiger partial charge in [0.05, 0.1) is 16.7 Å². The molecule has 1 atom stereocenters. The van der Waals surface area contributed by atoms with Crippen LogP contribution in [0.5, 0.6) is 0 Å². The van der Waals surface area contributed by atoms with Gasteiger partial charge in [0.1, 0.15) is 17.3 Å². The van der Waals surface area contributed by atoms with Gasteiger partial charge in [0, 0.05) is 18.6 Å². The Labute approximate surface area is 206 Å². The van der Waals surface area contributed by atoms with Crippen LogP contribution in [0, 0.1) is 11.3 Å². The van der Waals surface area contributed by atoms with Crippen LogP contribution in [0.25, 0.3) is 0 Å². The molecule has 1 heterocycles. The number of nitriles is 1. The lowest BCUT2D eigenvalue weighted by molar-refractivity contribution is -0.292. The third kappa shape index (κ3) is 5.98. The highest BCUT2D eigenvalue weighted by Crippen LogP contribution is 2.48. The Morgan fingerprint density at radius 1 is 1.14 bits per heavy atom. The number of alkyl halides is 9. The van der Waals surface area contributed by atoms with Crippen molar-refractivity contribution in [3.63, 3.8) is 0 Å². The van der Waals surface area contributed by atoms with Crippen LogP contribution in [-0.2, 0) is 19.1 Å². The fraction of sp³-hybridized carbons (Fsp3) is 0.368. The summed E-state index contributed by atoms with van der Waals surface area (Å²) in [6.45, 7) is 0. The van der Waals surface area contributed by atoms with E-state index in [4.69, 9.17) is 28.5 Å². The average molecular weight is 566 g/mol. The Hall–Kier alpha value is -3.12. The summed E-state index contributed by atoms with van der Waals surface area (Å²) < 4.78 is 106. The predicted molar refractivity (Wildman–Crippen MR) is 110 cm³/mol.